The van der Waals surface area contributed by atoms with Crippen LogP contribution < -0.4 is 0 Å². The number of para-hydroxylation sites is 1. The summed E-state index contributed by atoms with van der Waals surface area (Å²) in [7, 11) is 0. The van der Waals surface area contributed by atoms with E-state index in [-0.39, 0.29) is 0 Å². The third-order valence-electron chi connectivity index (χ3n) is 5.78. The van der Waals surface area contributed by atoms with Gasteiger partial charge in [-0.15, -0.1) is 11.3 Å². The lowest BCUT2D eigenvalue weighted by molar-refractivity contribution is 0.174. The first-order valence-corrected chi connectivity index (χ1v) is 10.0. The standard InChI is InChI=1S/C20H23N3S/c1-2-6-16-15(5-1)20-17(22-16)13-14-8-9-18(20)23(14)11-4-3-7-19-21-10-12-24-19/h1-2,5-6,10,12,14,18,22H,3-4,7-9,11,13H2/t14-,18+/m0/s1. The average molecular weight is 337 g/mol. The van der Waals surface area contributed by atoms with Gasteiger partial charge < -0.3 is 4.98 Å². The van der Waals surface area contributed by atoms with Crippen LogP contribution in [0.25, 0.3) is 10.9 Å². The van der Waals surface area contributed by atoms with Crippen LogP contribution in [-0.4, -0.2) is 27.5 Å². The lowest BCUT2D eigenvalue weighted by Gasteiger charge is -2.35. The monoisotopic (exact) mass is 337 g/mol. The molecule has 0 unspecified atom stereocenters. The summed E-state index contributed by atoms with van der Waals surface area (Å²) in [4.78, 5) is 10.9. The number of H-pyrrole nitrogens is 1. The number of aryl methyl sites for hydroxylation is 1. The zero-order valence-corrected chi connectivity index (χ0v) is 14.7. The van der Waals surface area contributed by atoms with Crippen LogP contribution in [0.15, 0.2) is 35.8 Å². The average Bonchev–Trinajstić information content (AvgIpc) is 3.30. The zero-order chi connectivity index (χ0) is 15.9. The number of nitrogens with one attached hydrogen (secondary N) is 1. The number of nitrogens with zero attached hydrogens (tertiary/aromatic N) is 2. The van der Waals surface area contributed by atoms with Gasteiger partial charge in [-0.2, -0.15) is 0 Å². The SMILES string of the molecule is c1ccc2c3c([nH]c2c1)C[C@@H]1CC[C@H]3N1CCCCc1nccs1. The van der Waals surface area contributed by atoms with Gasteiger partial charge in [-0.05, 0) is 50.3 Å². The summed E-state index contributed by atoms with van der Waals surface area (Å²) in [6.07, 6.45) is 9.48. The van der Waals surface area contributed by atoms with Gasteiger partial charge in [-0.3, -0.25) is 4.90 Å². The fraction of sp³-hybridized carbons (Fsp3) is 0.450. The molecule has 0 radical (unpaired) electrons. The van der Waals surface area contributed by atoms with Crippen molar-refractivity contribution in [2.75, 3.05) is 6.54 Å². The van der Waals surface area contributed by atoms with Crippen LogP contribution in [0.4, 0.5) is 0 Å². The summed E-state index contributed by atoms with van der Waals surface area (Å²) in [6.45, 7) is 1.24. The van der Waals surface area contributed by atoms with Crippen LogP contribution in [0.5, 0.6) is 0 Å². The lowest BCUT2D eigenvalue weighted by Crippen LogP contribution is -2.37. The van der Waals surface area contributed by atoms with E-state index < -0.39 is 0 Å². The predicted molar refractivity (Wildman–Crippen MR) is 99.5 cm³/mol. The van der Waals surface area contributed by atoms with Crippen LogP contribution in [0, 0.1) is 0 Å². The van der Waals surface area contributed by atoms with E-state index in [2.05, 4.69) is 44.5 Å². The Labute approximate surface area is 146 Å². The van der Waals surface area contributed by atoms with Crippen molar-refractivity contribution >= 4 is 22.2 Å². The van der Waals surface area contributed by atoms with Crippen molar-refractivity contribution < 1.29 is 0 Å². The Hall–Kier alpha value is -1.65. The zero-order valence-electron chi connectivity index (χ0n) is 13.9. The molecular weight excluding hydrogens is 314 g/mol. The molecule has 2 aromatic heterocycles. The summed E-state index contributed by atoms with van der Waals surface area (Å²) in [5.41, 5.74) is 4.42. The molecule has 124 valence electrons. The minimum absolute atomic E-state index is 0.634. The number of thiazole rings is 1. The third-order valence-corrected chi connectivity index (χ3v) is 6.62. The maximum absolute atomic E-state index is 4.40. The Morgan fingerprint density at radius 2 is 2.17 bits per heavy atom. The van der Waals surface area contributed by atoms with Gasteiger partial charge in [0.25, 0.3) is 0 Å². The molecule has 4 heterocycles. The second kappa shape index (κ2) is 6.01. The van der Waals surface area contributed by atoms with E-state index in [0.29, 0.717) is 6.04 Å². The minimum Gasteiger partial charge on any atom is -0.358 e. The largest absolute Gasteiger partial charge is 0.358 e. The number of aromatic amines is 1. The van der Waals surface area contributed by atoms with Crippen LogP contribution in [-0.2, 0) is 12.8 Å². The van der Waals surface area contributed by atoms with Gasteiger partial charge in [0.2, 0.25) is 0 Å². The first kappa shape index (κ1) is 14.7. The number of benzene rings is 1. The van der Waals surface area contributed by atoms with Gasteiger partial charge in [0, 0.05) is 46.7 Å². The molecule has 5 rings (SSSR count). The Bertz CT molecular complexity index is 836. The van der Waals surface area contributed by atoms with Crippen molar-refractivity contribution in [1.29, 1.82) is 0 Å². The molecule has 0 amide bonds. The first-order chi connectivity index (χ1) is 11.9. The Kier molecular flexibility index (Phi) is 3.68. The number of aromatic nitrogens is 2. The topological polar surface area (TPSA) is 31.9 Å². The van der Waals surface area contributed by atoms with Crippen LogP contribution in [0.2, 0.25) is 0 Å². The molecule has 2 atom stereocenters. The molecule has 1 fully saturated rings. The molecular formula is C20H23N3S. The second-order valence-electron chi connectivity index (χ2n) is 7.13. The predicted octanol–water partition coefficient (Wildman–Crippen LogP) is 4.71. The molecule has 2 aliphatic heterocycles. The van der Waals surface area contributed by atoms with E-state index in [0.717, 1.165) is 12.5 Å². The summed E-state index contributed by atoms with van der Waals surface area (Å²) >= 11 is 1.79. The number of fused-ring (bicyclic) bond motifs is 6. The van der Waals surface area contributed by atoms with E-state index in [1.807, 2.05) is 6.20 Å². The third kappa shape index (κ3) is 2.40. The quantitative estimate of drug-likeness (QED) is 0.684. The molecule has 0 spiro atoms. The van der Waals surface area contributed by atoms with E-state index in [9.17, 15) is 0 Å². The van der Waals surface area contributed by atoms with Gasteiger partial charge in [0.05, 0.1) is 5.01 Å². The first-order valence-electron chi connectivity index (χ1n) is 9.14. The second-order valence-corrected chi connectivity index (χ2v) is 8.11. The Balaban J connectivity index is 1.32. The summed E-state index contributed by atoms with van der Waals surface area (Å²) in [5.74, 6) is 0. The highest BCUT2D eigenvalue weighted by Gasteiger charge is 2.41. The molecule has 4 heteroatoms. The van der Waals surface area contributed by atoms with Crippen molar-refractivity contribution in [3.8, 4) is 0 Å². The highest BCUT2D eigenvalue weighted by Crippen LogP contribution is 2.46. The molecule has 1 aromatic carbocycles. The molecule has 2 bridgehead atoms. The number of unbranched alkanes of at least 4 members (excludes halogenated alkanes) is 1. The van der Waals surface area contributed by atoms with Crippen molar-refractivity contribution in [2.24, 2.45) is 0 Å². The highest BCUT2D eigenvalue weighted by molar-refractivity contribution is 7.09. The van der Waals surface area contributed by atoms with Crippen LogP contribution in [0.3, 0.4) is 0 Å². The Morgan fingerprint density at radius 3 is 3.08 bits per heavy atom. The summed E-state index contributed by atoms with van der Waals surface area (Å²) in [6, 6.07) is 10.2. The molecule has 0 aliphatic carbocycles. The number of rotatable bonds is 5. The smallest absolute Gasteiger partial charge is 0.0924 e. The maximum Gasteiger partial charge on any atom is 0.0924 e. The van der Waals surface area contributed by atoms with Crippen molar-refractivity contribution in [3.05, 3.63) is 52.1 Å². The van der Waals surface area contributed by atoms with Crippen LogP contribution in [0.1, 0.15) is 48.0 Å². The van der Waals surface area contributed by atoms with Gasteiger partial charge in [0.1, 0.15) is 0 Å². The van der Waals surface area contributed by atoms with Gasteiger partial charge in [-0.1, -0.05) is 18.2 Å². The maximum atomic E-state index is 4.40. The molecule has 1 saturated heterocycles. The molecule has 3 nitrogen and oxygen atoms in total. The molecule has 2 aliphatic rings. The summed E-state index contributed by atoms with van der Waals surface area (Å²) < 4.78 is 0. The van der Waals surface area contributed by atoms with Crippen molar-refractivity contribution in [3.63, 3.8) is 0 Å². The number of hydrogen-bond donors (Lipinski definition) is 1. The van der Waals surface area contributed by atoms with Gasteiger partial charge in [0.15, 0.2) is 0 Å². The highest BCUT2D eigenvalue weighted by atomic mass is 32.1. The van der Waals surface area contributed by atoms with Crippen molar-refractivity contribution in [2.45, 2.75) is 50.6 Å². The van der Waals surface area contributed by atoms with Crippen molar-refractivity contribution in [1.82, 2.24) is 14.9 Å². The fourth-order valence-electron chi connectivity index (χ4n) is 4.75. The lowest BCUT2D eigenvalue weighted by atomic mass is 9.96. The van der Waals surface area contributed by atoms with E-state index in [1.54, 1.807) is 16.9 Å². The number of hydrogen-bond acceptors (Lipinski definition) is 3. The molecule has 1 N–H and O–H groups in total. The molecule has 3 aromatic rings. The van der Waals surface area contributed by atoms with Gasteiger partial charge >= 0.3 is 0 Å². The fourth-order valence-corrected chi connectivity index (χ4v) is 5.41. The Morgan fingerprint density at radius 1 is 1.21 bits per heavy atom. The van der Waals surface area contributed by atoms with E-state index in [4.69, 9.17) is 0 Å². The van der Waals surface area contributed by atoms with E-state index >= 15 is 0 Å². The molecule has 24 heavy (non-hydrogen) atoms. The van der Waals surface area contributed by atoms with Crippen LogP contribution >= 0.6 is 11.3 Å². The summed E-state index contributed by atoms with van der Waals surface area (Å²) in [5, 5.41) is 4.82. The molecule has 0 saturated carbocycles. The van der Waals surface area contributed by atoms with E-state index in [1.165, 1.54) is 60.3 Å². The normalized spacial score (nSPS) is 23.0. The van der Waals surface area contributed by atoms with Gasteiger partial charge in [-0.25, -0.2) is 4.98 Å². The minimum atomic E-state index is 0.634.